The van der Waals surface area contributed by atoms with Crippen molar-refractivity contribution in [2.24, 2.45) is 0 Å². The van der Waals surface area contributed by atoms with E-state index in [0.29, 0.717) is 17.9 Å². The number of aromatic nitrogens is 2. The predicted molar refractivity (Wildman–Crippen MR) is 76.4 cm³/mol. The summed E-state index contributed by atoms with van der Waals surface area (Å²) in [5.41, 5.74) is 1.62. The lowest BCUT2D eigenvalue weighted by Crippen LogP contribution is -2.26. The van der Waals surface area contributed by atoms with Crippen LogP contribution in [0.5, 0.6) is 0 Å². The van der Waals surface area contributed by atoms with Gasteiger partial charge in [-0.1, -0.05) is 22.0 Å². The summed E-state index contributed by atoms with van der Waals surface area (Å²) in [5, 5.41) is 0. The van der Waals surface area contributed by atoms with Crippen LogP contribution in [0.2, 0.25) is 0 Å². The van der Waals surface area contributed by atoms with Crippen LogP contribution in [0, 0.1) is 6.92 Å². The standard InChI is InChI=1S/C12H14BrN3O2S/c1-9-2-3-10(13)6-12(9)19(17,18)16-5-4-11-7-14-8-15-11/h2-3,6-8,16H,4-5H2,1H3,(H,14,15). The Kier molecular flexibility index (Phi) is 4.38. The van der Waals surface area contributed by atoms with Crippen LogP contribution in [0.25, 0.3) is 0 Å². The van der Waals surface area contributed by atoms with Gasteiger partial charge in [0.05, 0.1) is 11.2 Å². The first-order valence-electron chi connectivity index (χ1n) is 5.72. The zero-order valence-corrected chi connectivity index (χ0v) is 12.8. The molecular formula is C12H14BrN3O2S. The second kappa shape index (κ2) is 5.85. The van der Waals surface area contributed by atoms with Crippen molar-refractivity contribution in [3.8, 4) is 0 Å². The molecule has 5 nitrogen and oxygen atoms in total. The molecule has 1 heterocycles. The van der Waals surface area contributed by atoms with Crippen LogP contribution in [0.1, 0.15) is 11.3 Å². The Morgan fingerprint density at radius 1 is 1.42 bits per heavy atom. The summed E-state index contributed by atoms with van der Waals surface area (Å²) in [7, 11) is -3.48. The number of sulfonamides is 1. The van der Waals surface area contributed by atoms with E-state index in [1.165, 1.54) is 0 Å². The number of halogens is 1. The second-order valence-electron chi connectivity index (χ2n) is 4.13. The van der Waals surface area contributed by atoms with Gasteiger partial charge >= 0.3 is 0 Å². The normalized spacial score (nSPS) is 11.7. The van der Waals surface area contributed by atoms with Gasteiger partial charge in [-0.3, -0.25) is 0 Å². The van der Waals surface area contributed by atoms with Crippen LogP contribution in [-0.2, 0) is 16.4 Å². The molecule has 0 radical (unpaired) electrons. The number of aryl methyl sites for hydroxylation is 1. The fraction of sp³-hybridized carbons (Fsp3) is 0.250. The molecule has 102 valence electrons. The number of H-pyrrole nitrogens is 1. The van der Waals surface area contributed by atoms with Gasteiger partial charge in [-0.05, 0) is 24.6 Å². The molecule has 0 fully saturated rings. The number of hydrogen-bond donors (Lipinski definition) is 2. The van der Waals surface area contributed by atoms with Crippen molar-refractivity contribution < 1.29 is 8.42 Å². The number of aromatic amines is 1. The van der Waals surface area contributed by atoms with E-state index in [1.807, 2.05) is 6.07 Å². The molecule has 19 heavy (non-hydrogen) atoms. The molecular weight excluding hydrogens is 330 g/mol. The Bertz CT molecular complexity index is 654. The van der Waals surface area contributed by atoms with Crippen LogP contribution < -0.4 is 4.72 Å². The van der Waals surface area contributed by atoms with Gasteiger partial charge in [-0.2, -0.15) is 0 Å². The predicted octanol–water partition coefficient (Wildman–Crippen LogP) is 2.00. The Morgan fingerprint density at radius 2 is 2.21 bits per heavy atom. The molecule has 0 aliphatic carbocycles. The topological polar surface area (TPSA) is 74.8 Å². The van der Waals surface area contributed by atoms with Crippen molar-refractivity contribution in [2.75, 3.05) is 6.54 Å². The van der Waals surface area contributed by atoms with Gasteiger partial charge in [0.15, 0.2) is 0 Å². The quantitative estimate of drug-likeness (QED) is 0.871. The molecule has 0 aliphatic rings. The molecule has 0 atom stereocenters. The first-order chi connectivity index (χ1) is 8.99. The molecule has 0 saturated heterocycles. The van der Waals surface area contributed by atoms with Gasteiger partial charge in [0, 0.05) is 29.3 Å². The van der Waals surface area contributed by atoms with E-state index >= 15 is 0 Å². The van der Waals surface area contributed by atoms with E-state index in [1.54, 1.807) is 31.6 Å². The Labute approximate surface area is 120 Å². The third kappa shape index (κ3) is 3.65. The van der Waals surface area contributed by atoms with Crippen molar-refractivity contribution >= 4 is 26.0 Å². The maximum absolute atomic E-state index is 12.2. The van der Waals surface area contributed by atoms with Gasteiger partial charge in [-0.25, -0.2) is 18.1 Å². The summed E-state index contributed by atoms with van der Waals surface area (Å²) >= 11 is 3.28. The summed E-state index contributed by atoms with van der Waals surface area (Å²) in [6, 6.07) is 5.19. The van der Waals surface area contributed by atoms with E-state index in [0.717, 1.165) is 15.7 Å². The molecule has 7 heteroatoms. The number of hydrogen-bond acceptors (Lipinski definition) is 3. The average molecular weight is 344 g/mol. The average Bonchev–Trinajstić information content (AvgIpc) is 2.85. The van der Waals surface area contributed by atoms with Crippen LogP contribution in [-0.4, -0.2) is 24.9 Å². The summed E-state index contributed by atoms with van der Waals surface area (Å²) < 4.78 is 27.7. The van der Waals surface area contributed by atoms with Gasteiger partial charge in [-0.15, -0.1) is 0 Å². The van der Waals surface area contributed by atoms with E-state index < -0.39 is 10.0 Å². The third-order valence-corrected chi connectivity index (χ3v) is 4.78. The number of imidazole rings is 1. The minimum Gasteiger partial charge on any atom is -0.348 e. The molecule has 0 saturated carbocycles. The highest BCUT2D eigenvalue weighted by Gasteiger charge is 2.16. The number of nitrogens with one attached hydrogen (secondary N) is 2. The number of rotatable bonds is 5. The third-order valence-electron chi connectivity index (χ3n) is 2.68. The molecule has 2 rings (SSSR count). The Hall–Kier alpha value is -1.18. The van der Waals surface area contributed by atoms with Crippen LogP contribution in [0.15, 0.2) is 40.1 Å². The monoisotopic (exact) mass is 343 g/mol. The van der Waals surface area contributed by atoms with E-state index in [-0.39, 0.29) is 0 Å². The van der Waals surface area contributed by atoms with Crippen LogP contribution in [0.3, 0.4) is 0 Å². The van der Waals surface area contributed by atoms with Gasteiger partial charge in [0.1, 0.15) is 0 Å². The van der Waals surface area contributed by atoms with Gasteiger partial charge in [0.25, 0.3) is 0 Å². The molecule has 0 amide bonds. The molecule has 1 aromatic heterocycles. The molecule has 2 N–H and O–H groups in total. The fourth-order valence-electron chi connectivity index (χ4n) is 1.68. The van der Waals surface area contributed by atoms with Crippen molar-refractivity contribution in [3.05, 3.63) is 46.5 Å². The lowest BCUT2D eigenvalue weighted by atomic mass is 10.2. The maximum atomic E-state index is 12.2. The smallest absolute Gasteiger partial charge is 0.240 e. The molecule has 0 unspecified atom stereocenters. The highest BCUT2D eigenvalue weighted by atomic mass is 79.9. The van der Waals surface area contributed by atoms with Gasteiger partial charge in [0.2, 0.25) is 10.0 Å². The van der Waals surface area contributed by atoms with Crippen molar-refractivity contribution in [3.63, 3.8) is 0 Å². The molecule has 0 aliphatic heterocycles. The first-order valence-corrected chi connectivity index (χ1v) is 8.00. The summed E-state index contributed by atoms with van der Waals surface area (Å²) in [5.74, 6) is 0. The van der Waals surface area contributed by atoms with E-state index in [2.05, 4.69) is 30.6 Å². The Morgan fingerprint density at radius 3 is 2.89 bits per heavy atom. The lowest BCUT2D eigenvalue weighted by molar-refractivity contribution is 0.580. The van der Waals surface area contributed by atoms with Crippen LogP contribution in [0.4, 0.5) is 0 Å². The van der Waals surface area contributed by atoms with Gasteiger partial charge < -0.3 is 4.98 Å². The van der Waals surface area contributed by atoms with E-state index in [9.17, 15) is 8.42 Å². The summed E-state index contributed by atoms with van der Waals surface area (Å²) in [6.07, 6.45) is 3.83. The first kappa shape index (κ1) is 14.2. The zero-order valence-electron chi connectivity index (χ0n) is 10.4. The van der Waals surface area contributed by atoms with Crippen molar-refractivity contribution in [1.82, 2.24) is 14.7 Å². The maximum Gasteiger partial charge on any atom is 0.240 e. The zero-order chi connectivity index (χ0) is 13.9. The fourth-order valence-corrected chi connectivity index (χ4v) is 3.50. The molecule has 0 bridgehead atoms. The minimum atomic E-state index is -3.48. The molecule has 2 aromatic rings. The summed E-state index contributed by atoms with van der Waals surface area (Å²) in [4.78, 5) is 7.11. The van der Waals surface area contributed by atoms with Crippen LogP contribution >= 0.6 is 15.9 Å². The lowest BCUT2D eigenvalue weighted by Gasteiger charge is -2.09. The number of benzene rings is 1. The second-order valence-corrected chi connectivity index (χ2v) is 6.79. The highest BCUT2D eigenvalue weighted by molar-refractivity contribution is 9.10. The Balaban J connectivity index is 2.07. The van der Waals surface area contributed by atoms with Crippen molar-refractivity contribution in [2.45, 2.75) is 18.2 Å². The highest BCUT2D eigenvalue weighted by Crippen LogP contribution is 2.20. The SMILES string of the molecule is Cc1ccc(Br)cc1S(=O)(=O)NCCc1cnc[nH]1. The minimum absolute atomic E-state index is 0.298. The summed E-state index contributed by atoms with van der Waals surface area (Å²) in [6.45, 7) is 2.10. The number of nitrogens with zero attached hydrogens (tertiary/aromatic N) is 1. The largest absolute Gasteiger partial charge is 0.348 e. The van der Waals surface area contributed by atoms with Crippen molar-refractivity contribution in [1.29, 1.82) is 0 Å². The molecule has 0 spiro atoms. The van der Waals surface area contributed by atoms with E-state index in [4.69, 9.17) is 0 Å². The molecule has 1 aromatic carbocycles.